The molecule has 7 nitrogen and oxygen atoms in total. The maximum absolute atomic E-state index is 12.4. The molecular weight excluding hydrogens is 357 g/mol. The Hall–Kier alpha value is -1.11. The Morgan fingerprint density at radius 1 is 1.04 bits per heavy atom. The van der Waals surface area contributed by atoms with E-state index < -0.39 is 7.82 Å². The van der Waals surface area contributed by atoms with Gasteiger partial charge in [-0.2, -0.15) is 0 Å². The van der Waals surface area contributed by atoms with Gasteiger partial charge in [0.2, 0.25) is 0 Å². The zero-order valence-electron chi connectivity index (χ0n) is 16.3. The van der Waals surface area contributed by atoms with Crippen LogP contribution in [0.25, 0.3) is 0 Å². The minimum atomic E-state index is -3.55. The number of likely N-dealkylation sites (N-methyl/N-ethyl adjacent to an activating group) is 1. The van der Waals surface area contributed by atoms with E-state index in [1.807, 2.05) is 0 Å². The number of nitrogens with zero attached hydrogens (tertiary/aromatic N) is 1. The van der Waals surface area contributed by atoms with Gasteiger partial charge in [-0.25, -0.2) is 4.57 Å². The molecule has 0 amide bonds. The summed E-state index contributed by atoms with van der Waals surface area (Å²) < 4.78 is 28.9. The van der Waals surface area contributed by atoms with Crippen molar-refractivity contribution in [1.82, 2.24) is 0 Å². The van der Waals surface area contributed by atoms with E-state index in [1.54, 1.807) is 6.07 Å². The zero-order valence-corrected chi connectivity index (χ0v) is 17.2. The lowest BCUT2D eigenvalue weighted by Crippen LogP contribution is -2.42. The fourth-order valence-corrected chi connectivity index (χ4v) is 3.36. The molecular formula is C18H33NO6P+. The van der Waals surface area contributed by atoms with E-state index in [0.717, 1.165) is 36.0 Å². The van der Waals surface area contributed by atoms with E-state index in [4.69, 9.17) is 13.6 Å². The predicted molar refractivity (Wildman–Crippen MR) is 101 cm³/mol. The summed E-state index contributed by atoms with van der Waals surface area (Å²) in [5.41, 5.74) is 0.854. The van der Waals surface area contributed by atoms with Crippen molar-refractivity contribution in [1.29, 1.82) is 0 Å². The number of phenolic OH excluding ortho intramolecular Hbond substituents is 2. The van der Waals surface area contributed by atoms with Gasteiger partial charge in [-0.1, -0.05) is 19.4 Å². The third-order valence-electron chi connectivity index (χ3n) is 4.19. The molecule has 150 valence electrons. The second-order valence-corrected chi connectivity index (χ2v) is 8.74. The molecule has 0 spiro atoms. The molecule has 0 aliphatic heterocycles. The molecule has 0 bridgehead atoms. The van der Waals surface area contributed by atoms with Crippen molar-refractivity contribution in [3.8, 4) is 11.5 Å². The van der Waals surface area contributed by atoms with Crippen molar-refractivity contribution in [2.45, 2.75) is 32.6 Å². The molecule has 1 unspecified atom stereocenters. The lowest BCUT2D eigenvalue weighted by Gasteiger charge is -2.30. The van der Waals surface area contributed by atoms with Crippen LogP contribution in [-0.4, -0.2) is 62.2 Å². The second kappa shape index (κ2) is 10.9. The number of rotatable bonds is 13. The van der Waals surface area contributed by atoms with Crippen LogP contribution in [0.2, 0.25) is 0 Å². The Bertz CT molecular complexity index is 593. The van der Waals surface area contributed by atoms with Gasteiger partial charge >= 0.3 is 7.82 Å². The number of hydrogen-bond donors (Lipinski definition) is 2. The lowest BCUT2D eigenvalue weighted by molar-refractivity contribution is -0.890. The van der Waals surface area contributed by atoms with Crippen LogP contribution < -0.4 is 0 Å². The molecule has 0 aliphatic carbocycles. The topological polar surface area (TPSA) is 85.2 Å². The highest BCUT2D eigenvalue weighted by atomic mass is 31.2. The number of aryl methyl sites for hydroxylation is 1. The fraction of sp³-hybridized carbons (Fsp3) is 0.667. The summed E-state index contributed by atoms with van der Waals surface area (Å²) in [5, 5.41) is 18.8. The Labute approximate surface area is 156 Å². The molecule has 2 N–H and O–H groups in total. The summed E-state index contributed by atoms with van der Waals surface area (Å²) in [6, 6.07) is 4.66. The molecule has 0 aliphatic rings. The number of quaternary nitrogens is 1. The average Bonchev–Trinajstić information content (AvgIpc) is 2.60. The largest absolute Gasteiger partial charge is 0.504 e. The number of phosphoric ester groups is 1. The molecule has 1 rings (SSSR count). The third-order valence-corrected chi connectivity index (χ3v) is 5.63. The summed E-state index contributed by atoms with van der Waals surface area (Å²) in [4.78, 5) is 0. The van der Waals surface area contributed by atoms with E-state index in [-0.39, 0.29) is 18.1 Å². The molecule has 1 aromatic carbocycles. The van der Waals surface area contributed by atoms with Gasteiger partial charge in [-0.3, -0.25) is 13.6 Å². The Kier molecular flexibility index (Phi) is 9.61. The molecule has 0 saturated carbocycles. The summed E-state index contributed by atoms with van der Waals surface area (Å²) in [6.45, 7) is 4.43. The predicted octanol–water partition coefficient (Wildman–Crippen LogP) is 3.69. The molecule has 1 atom stereocenters. The number of hydrogen-bond acceptors (Lipinski definition) is 6. The van der Waals surface area contributed by atoms with Gasteiger partial charge in [0, 0.05) is 7.11 Å². The minimum Gasteiger partial charge on any atom is -0.504 e. The monoisotopic (exact) mass is 390 g/mol. The van der Waals surface area contributed by atoms with Gasteiger partial charge < -0.3 is 14.7 Å². The van der Waals surface area contributed by atoms with Gasteiger partial charge in [0.15, 0.2) is 11.5 Å². The first-order valence-corrected chi connectivity index (χ1v) is 10.4. The third kappa shape index (κ3) is 8.52. The summed E-state index contributed by atoms with van der Waals surface area (Å²) in [6.07, 6.45) is 3.47. The van der Waals surface area contributed by atoms with Gasteiger partial charge in [0.05, 0.1) is 27.2 Å². The Balaban J connectivity index is 2.35. The van der Waals surface area contributed by atoms with Crippen molar-refractivity contribution in [3.63, 3.8) is 0 Å². The number of phosphoric acid groups is 1. The van der Waals surface area contributed by atoms with Crippen LogP contribution in [0.1, 0.15) is 31.7 Å². The highest BCUT2D eigenvalue weighted by Crippen LogP contribution is 2.48. The minimum absolute atomic E-state index is 0.150. The fourth-order valence-electron chi connectivity index (χ4n) is 2.42. The van der Waals surface area contributed by atoms with Crippen LogP contribution in [0.15, 0.2) is 18.2 Å². The van der Waals surface area contributed by atoms with Crippen LogP contribution in [-0.2, 0) is 24.6 Å². The number of phenols is 2. The summed E-state index contributed by atoms with van der Waals surface area (Å²) in [5.74, 6) is -0.305. The first-order chi connectivity index (χ1) is 12.2. The molecule has 0 radical (unpaired) electrons. The maximum atomic E-state index is 12.4. The van der Waals surface area contributed by atoms with Crippen molar-refractivity contribution in [3.05, 3.63) is 23.8 Å². The van der Waals surface area contributed by atoms with Gasteiger partial charge in [0.25, 0.3) is 0 Å². The van der Waals surface area contributed by atoms with Crippen molar-refractivity contribution >= 4 is 7.82 Å². The van der Waals surface area contributed by atoms with Crippen LogP contribution in [0.4, 0.5) is 0 Å². The van der Waals surface area contributed by atoms with Crippen LogP contribution in [0, 0.1) is 0 Å². The van der Waals surface area contributed by atoms with E-state index in [9.17, 15) is 14.8 Å². The number of aromatic hydroxyl groups is 2. The quantitative estimate of drug-likeness (QED) is 0.231. The van der Waals surface area contributed by atoms with Crippen LogP contribution in [0.3, 0.4) is 0 Å². The summed E-state index contributed by atoms with van der Waals surface area (Å²) in [7, 11) is 2.00. The molecule has 1 aromatic rings. The van der Waals surface area contributed by atoms with Crippen LogP contribution >= 0.6 is 7.82 Å². The average molecular weight is 390 g/mol. The Morgan fingerprint density at radius 2 is 1.73 bits per heavy atom. The van der Waals surface area contributed by atoms with Crippen LogP contribution in [0.5, 0.6) is 11.5 Å². The van der Waals surface area contributed by atoms with E-state index in [1.165, 1.54) is 19.2 Å². The van der Waals surface area contributed by atoms with Crippen molar-refractivity contribution in [2.24, 2.45) is 0 Å². The molecule has 0 saturated heterocycles. The summed E-state index contributed by atoms with van der Waals surface area (Å²) >= 11 is 0. The van der Waals surface area contributed by atoms with Crippen molar-refractivity contribution in [2.75, 3.05) is 47.5 Å². The van der Waals surface area contributed by atoms with E-state index in [0.29, 0.717) is 19.4 Å². The Morgan fingerprint density at radius 3 is 2.35 bits per heavy atom. The first-order valence-electron chi connectivity index (χ1n) is 8.99. The standard InChI is InChI=1S/C18H32NO6P/c1-5-6-11-19(2,3)12-14-25-26(22,23-4)24-13-7-8-16-9-10-17(20)18(21)15-16/h9-10,15H,5-8,11-14H2,1-4H3,(H-,20,21)/p+1. The SMILES string of the molecule is CCCC[N+](C)(C)CCOP(=O)(OC)OCCCc1ccc(O)c(O)c1. The smallest absolute Gasteiger partial charge is 0.474 e. The van der Waals surface area contributed by atoms with E-state index >= 15 is 0 Å². The number of unbranched alkanes of at least 4 members (excludes halogenated alkanes) is 1. The maximum Gasteiger partial charge on any atom is 0.474 e. The molecule has 0 aromatic heterocycles. The molecule has 0 fully saturated rings. The van der Waals surface area contributed by atoms with Crippen molar-refractivity contribution < 1.29 is 32.8 Å². The second-order valence-electron chi connectivity index (χ2n) is 6.96. The molecule has 26 heavy (non-hydrogen) atoms. The zero-order chi connectivity index (χ0) is 19.6. The normalized spacial score (nSPS) is 14.3. The van der Waals surface area contributed by atoms with E-state index in [2.05, 4.69) is 21.0 Å². The van der Waals surface area contributed by atoms with Gasteiger partial charge in [-0.05, 0) is 37.0 Å². The lowest BCUT2D eigenvalue weighted by atomic mass is 10.1. The highest BCUT2D eigenvalue weighted by molar-refractivity contribution is 7.48. The number of benzene rings is 1. The molecule has 8 heteroatoms. The van der Waals surface area contributed by atoms with Gasteiger partial charge in [0.1, 0.15) is 13.2 Å². The first kappa shape index (κ1) is 22.9. The van der Waals surface area contributed by atoms with Gasteiger partial charge in [-0.15, -0.1) is 0 Å². The highest BCUT2D eigenvalue weighted by Gasteiger charge is 2.26. The molecule has 0 heterocycles.